The molecular formula is C29H29N5O6S. The summed E-state index contributed by atoms with van der Waals surface area (Å²) in [5.74, 6) is 0.396. The Kier molecular flexibility index (Phi) is 9.73. The van der Waals surface area contributed by atoms with Crippen molar-refractivity contribution in [2.24, 2.45) is 0 Å². The van der Waals surface area contributed by atoms with Crippen LogP contribution in [0.15, 0.2) is 72.2 Å². The standard InChI is InChI=1S/C29H29N5O6S/c1-38-19-8-6-18(7-9-19)27(35)26-25(30)22(12-14-31-26)33-34-28(36)21-11-10-20(39-2)17-23(21)40-15-4-13-32-29(37)24-5-3-16-41-24/h3,5-12,14,16-17H,4,13,15,30H2,1-2H3,(H,31,33)(H,32,37)(H,34,36). The molecule has 2 aromatic heterocycles. The topological polar surface area (TPSA) is 154 Å². The number of aromatic nitrogens is 1. The molecule has 4 rings (SSSR count). The highest BCUT2D eigenvalue weighted by atomic mass is 32.1. The van der Waals surface area contributed by atoms with Crippen molar-refractivity contribution in [1.82, 2.24) is 15.7 Å². The van der Waals surface area contributed by atoms with Crippen LogP contribution in [-0.4, -0.2) is 50.0 Å². The van der Waals surface area contributed by atoms with Gasteiger partial charge in [0.1, 0.15) is 22.9 Å². The lowest BCUT2D eigenvalue weighted by Gasteiger charge is -2.15. The van der Waals surface area contributed by atoms with Crippen molar-refractivity contribution < 1.29 is 28.6 Å². The molecule has 2 heterocycles. The van der Waals surface area contributed by atoms with Gasteiger partial charge in [-0.25, -0.2) is 0 Å². The maximum absolute atomic E-state index is 13.1. The number of methoxy groups -OCH3 is 2. The van der Waals surface area contributed by atoms with Gasteiger partial charge in [0.2, 0.25) is 5.78 Å². The molecule has 11 nitrogen and oxygen atoms in total. The molecule has 0 fully saturated rings. The highest BCUT2D eigenvalue weighted by Crippen LogP contribution is 2.26. The molecule has 4 aromatic rings. The molecule has 0 saturated heterocycles. The first-order valence-corrected chi connectivity index (χ1v) is 13.4. The minimum absolute atomic E-state index is 0.0362. The molecule has 0 saturated carbocycles. The van der Waals surface area contributed by atoms with E-state index >= 15 is 0 Å². The van der Waals surface area contributed by atoms with Crippen LogP contribution in [0.1, 0.15) is 42.5 Å². The molecule has 0 aliphatic heterocycles. The zero-order valence-electron chi connectivity index (χ0n) is 22.4. The largest absolute Gasteiger partial charge is 0.497 e. The van der Waals surface area contributed by atoms with Gasteiger partial charge in [0.05, 0.1) is 42.6 Å². The Hall–Kier alpha value is -5.10. The van der Waals surface area contributed by atoms with Crippen molar-refractivity contribution in [3.63, 3.8) is 0 Å². The molecule has 0 aliphatic rings. The lowest BCUT2D eigenvalue weighted by Crippen LogP contribution is -2.30. The number of hydrogen-bond acceptors (Lipinski definition) is 10. The van der Waals surface area contributed by atoms with Crippen molar-refractivity contribution in [2.75, 3.05) is 38.5 Å². The third kappa shape index (κ3) is 7.31. The van der Waals surface area contributed by atoms with E-state index in [9.17, 15) is 14.4 Å². The zero-order valence-corrected chi connectivity index (χ0v) is 23.2. The molecule has 0 spiro atoms. The number of pyridine rings is 1. The molecule has 41 heavy (non-hydrogen) atoms. The van der Waals surface area contributed by atoms with Gasteiger partial charge in [-0.1, -0.05) is 6.07 Å². The Bertz CT molecular complexity index is 1510. The normalized spacial score (nSPS) is 10.4. The minimum atomic E-state index is -0.507. The Morgan fingerprint density at radius 1 is 0.951 bits per heavy atom. The average Bonchev–Trinajstić information content (AvgIpc) is 3.55. The summed E-state index contributed by atoms with van der Waals surface area (Å²) in [7, 11) is 3.05. The van der Waals surface area contributed by atoms with Crippen LogP contribution in [-0.2, 0) is 0 Å². The highest BCUT2D eigenvalue weighted by Gasteiger charge is 2.18. The molecule has 212 valence electrons. The number of carbonyl (C=O) groups excluding carboxylic acids is 3. The quantitative estimate of drug-likeness (QED) is 0.105. The number of nitrogens with zero attached hydrogens (tertiary/aromatic N) is 1. The fourth-order valence-electron chi connectivity index (χ4n) is 3.72. The first-order valence-electron chi connectivity index (χ1n) is 12.5. The van der Waals surface area contributed by atoms with Crippen LogP contribution in [0.2, 0.25) is 0 Å². The number of amides is 2. The number of nitrogens with one attached hydrogen (secondary N) is 3. The van der Waals surface area contributed by atoms with E-state index in [0.717, 1.165) is 0 Å². The molecule has 0 unspecified atom stereocenters. The summed E-state index contributed by atoms with van der Waals surface area (Å²) in [5.41, 5.74) is 12.6. The molecule has 12 heteroatoms. The van der Waals surface area contributed by atoms with E-state index < -0.39 is 5.91 Å². The van der Waals surface area contributed by atoms with Crippen molar-refractivity contribution >= 4 is 40.3 Å². The third-order valence-electron chi connectivity index (χ3n) is 5.91. The number of anilines is 2. The predicted octanol–water partition coefficient (Wildman–Crippen LogP) is 3.93. The van der Waals surface area contributed by atoms with Crippen molar-refractivity contribution in [2.45, 2.75) is 6.42 Å². The number of ketones is 1. The number of rotatable bonds is 13. The molecule has 2 aromatic carbocycles. The van der Waals surface area contributed by atoms with E-state index in [4.69, 9.17) is 19.9 Å². The zero-order chi connectivity index (χ0) is 29.2. The monoisotopic (exact) mass is 575 g/mol. The molecule has 0 atom stereocenters. The van der Waals surface area contributed by atoms with E-state index in [2.05, 4.69) is 21.2 Å². The maximum Gasteiger partial charge on any atom is 0.273 e. The Morgan fingerprint density at radius 2 is 1.71 bits per heavy atom. The molecule has 5 N–H and O–H groups in total. The maximum atomic E-state index is 13.1. The van der Waals surface area contributed by atoms with Crippen LogP contribution in [0.3, 0.4) is 0 Å². The fourth-order valence-corrected chi connectivity index (χ4v) is 4.36. The number of hydrogen-bond donors (Lipinski definition) is 4. The van der Waals surface area contributed by atoms with Gasteiger partial charge >= 0.3 is 0 Å². The highest BCUT2D eigenvalue weighted by molar-refractivity contribution is 7.12. The van der Waals surface area contributed by atoms with E-state index in [-0.39, 0.29) is 35.2 Å². The van der Waals surface area contributed by atoms with E-state index in [1.165, 1.54) is 37.8 Å². The van der Waals surface area contributed by atoms with Crippen LogP contribution in [0.4, 0.5) is 11.4 Å². The number of hydrazine groups is 1. The molecule has 0 bridgehead atoms. The van der Waals surface area contributed by atoms with Gasteiger partial charge in [-0.15, -0.1) is 11.3 Å². The van der Waals surface area contributed by atoms with Crippen molar-refractivity contribution in [3.8, 4) is 17.2 Å². The summed E-state index contributed by atoms with van der Waals surface area (Å²) in [6.45, 7) is 0.655. The van der Waals surface area contributed by atoms with Gasteiger partial charge in [-0.05, 0) is 60.3 Å². The summed E-state index contributed by atoms with van der Waals surface area (Å²) >= 11 is 1.37. The van der Waals surface area contributed by atoms with Crippen LogP contribution in [0.25, 0.3) is 0 Å². The average molecular weight is 576 g/mol. The number of ether oxygens (including phenoxy) is 3. The van der Waals surface area contributed by atoms with Crippen LogP contribution in [0.5, 0.6) is 17.2 Å². The first-order chi connectivity index (χ1) is 19.9. The van der Waals surface area contributed by atoms with Crippen LogP contribution < -0.4 is 36.1 Å². The second-order valence-corrected chi connectivity index (χ2v) is 9.50. The Balaban J connectivity index is 1.38. The van der Waals surface area contributed by atoms with E-state index in [1.54, 1.807) is 48.5 Å². The molecular weight excluding hydrogens is 546 g/mol. The number of nitrogen functional groups attached to an aromatic ring is 1. The van der Waals surface area contributed by atoms with Gasteiger partial charge in [-0.2, -0.15) is 0 Å². The molecule has 2 amide bonds. The summed E-state index contributed by atoms with van der Waals surface area (Å²) < 4.78 is 16.3. The van der Waals surface area contributed by atoms with Crippen LogP contribution in [0, 0.1) is 0 Å². The van der Waals surface area contributed by atoms with Crippen molar-refractivity contribution in [1.29, 1.82) is 0 Å². The minimum Gasteiger partial charge on any atom is -0.497 e. The second kappa shape index (κ2) is 13.8. The van der Waals surface area contributed by atoms with E-state index in [0.29, 0.717) is 46.3 Å². The molecule has 0 radical (unpaired) electrons. The number of carbonyl (C=O) groups is 3. The molecule has 0 aliphatic carbocycles. The summed E-state index contributed by atoms with van der Waals surface area (Å²) in [4.78, 5) is 42.9. The van der Waals surface area contributed by atoms with Gasteiger partial charge in [0, 0.05) is 24.4 Å². The lowest BCUT2D eigenvalue weighted by atomic mass is 10.1. The third-order valence-corrected chi connectivity index (χ3v) is 6.78. The Morgan fingerprint density at radius 3 is 2.41 bits per heavy atom. The summed E-state index contributed by atoms with van der Waals surface area (Å²) in [6.07, 6.45) is 1.94. The van der Waals surface area contributed by atoms with Gasteiger partial charge in [0.25, 0.3) is 11.8 Å². The Labute approximate surface area is 240 Å². The number of benzene rings is 2. The van der Waals surface area contributed by atoms with Crippen LogP contribution >= 0.6 is 11.3 Å². The SMILES string of the molecule is COc1ccc(C(=O)c2nccc(NNC(=O)c3ccc(OC)cc3OCCCNC(=O)c3cccs3)c2N)cc1. The first kappa shape index (κ1) is 28.9. The summed E-state index contributed by atoms with van der Waals surface area (Å²) in [6, 6.07) is 16.5. The smallest absolute Gasteiger partial charge is 0.273 e. The second-order valence-electron chi connectivity index (χ2n) is 8.55. The number of nitrogens with two attached hydrogens (primary N) is 1. The van der Waals surface area contributed by atoms with Gasteiger partial charge < -0.3 is 25.3 Å². The lowest BCUT2D eigenvalue weighted by molar-refractivity contribution is 0.0952. The van der Waals surface area contributed by atoms with Gasteiger partial charge in [0.15, 0.2) is 0 Å². The predicted molar refractivity (Wildman–Crippen MR) is 156 cm³/mol. The van der Waals surface area contributed by atoms with E-state index in [1.807, 2.05) is 11.4 Å². The number of thiophene rings is 1. The fraction of sp³-hybridized carbons (Fsp3) is 0.172. The van der Waals surface area contributed by atoms with Crippen molar-refractivity contribution in [3.05, 3.63) is 93.9 Å². The summed E-state index contributed by atoms with van der Waals surface area (Å²) in [5, 5.41) is 4.67. The van der Waals surface area contributed by atoms with Gasteiger partial charge in [-0.3, -0.25) is 30.2 Å².